The van der Waals surface area contributed by atoms with Gasteiger partial charge in [-0.1, -0.05) is 0 Å². The van der Waals surface area contributed by atoms with Crippen LogP contribution in [-0.4, -0.2) is 170 Å². The summed E-state index contributed by atoms with van der Waals surface area (Å²) in [5.41, 5.74) is 0. The summed E-state index contributed by atoms with van der Waals surface area (Å²) in [7, 11) is 0. The fourth-order valence-corrected chi connectivity index (χ4v) is 4.77. The van der Waals surface area contributed by atoms with Gasteiger partial charge in [-0.2, -0.15) is 0 Å². The fraction of sp³-hybridized carbons (Fsp3) is 0.909. The van der Waals surface area contributed by atoms with Crippen LogP contribution in [0, 0.1) is 0 Å². The molecule has 0 spiro atoms. The summed E-state index contributed by atoms with van der Waals surface area (Å²) in [4.78, 5) is 23.5. The molecule has 0 saturated carbocycles. The van der Waals surface area contributed by atoms with Gasteiger partial charge in [0.15, 0.2) is 18.9 Å². The van der Waals surface area contributed by atoms with E-state index in [1.54, 1.807) is 0 Å². The number of hydrogen-bond acceptors (Lipinski definition) is 16. The highest BCUT2D eigenvalue weighted by molar-refractivity contribution is 5.74. The van der Waals surface area contributed by atoms with Crippen LogP contribution in [0.5, 0.6) is 0 Å². The second kappa shape index (κ2) is 14.0. The van der Waals surface area contributed by atoms with E-state index in [4.69, 9.17) is 23.7 Å². The maximum atomic E-state index is 11.9. The summed E-state index contributed by atoms with van der Waals surface area (Å²) in [5, 5.41) is 96.0. The van der Waals surface area contributed by atoms with Crippen molar-refractivity contribution in [3.8, 4) is 0 Å². The van der Waals surface area contributed by atoms with Crippen LogP contribution in [0.25, 0.3) is 0 Å². The van der Waals surface area contributed by atoms with E-state index in [-0.39, 0.29) is 0 Å². The van der Waals surface area contributed by atoms with E-state index in [0.717, 1.165) is 6.92 Å². The standard InChI is InChI=1S/C22H38N2O16/c1-6(27)23-11-8(3-25)38-21(12(15(11)31)24-7(2)28)40-19-17(33)13(29)9(4-26)39-22(19)36-5-10-14(30)16(32)18(34)20(35)37-10/h8-22,25-26,29-35H,3-5H2,1-2H3,(H,23,27)(H,24,28)/t8-,9-,10-,11-,12-,13-,14-,15+,16+,17+,18-,19+,20?,21+,22+/m1/s1. The molecule has 18 nitrogen and oxygen atoms in total. The molecule has 40 heavy (non-hydrogen) atoms. The molecule has 0 aromatic heterocycles. The van der Waals surface area contributed by atoms with Crippen molar-refractivity contribution in [1.82, 2.24) is 10.6 Å². The second-order valence-corrected chi connectivity index (χ2v) is 9.85. The highest BCUT2D eigenvalue weighted by Gasteiger charge is 2.52. The van der Waals surface area contributed by atoms with E-state index in [1.807, 2.05) is 0 Å². The summed E-state index contributed by atoms with van der Waals surface area (Å²) in [5.74, 6) is -1.20. The first kappa shape index (κ1) is 32.9. The van der Waals surface area contributed by atoms with Crippen molar-refractivity contribution in [2.75, 3.05) is 19.8 Å². The molecule has 232 valence electrons. The van der Waals surface area contributed by atoms with Crippen molar-refractivity contribution >= 4 is 11.8 Å². The molecule has 18 heteroatoms. The first-order valence-electron chi connectivity index (χ1n) is 12.6. The topological polar surface area (TPSA) is 286 Å². The van der Waals surface area contributed by atoms with Gasteiger partial charge in [0, 0.05) is 13.8 Å². The van der Waals surface area contributed by atoms with Crippen molar-refractivity contribution in [1.29, 1.82) is 0 Å². The third-order valence-corrected chi connectivity index (χ3v) is 6.89. The zero-order chi connectivity index (χ0) is 29.9. The Morgan fingerprint density at radius 2 is 1.20 bits per heavy atom. The number of carbonyl (C=O) groups excluding carboxylic acids is 2. The van der Waals surface area contributed by atoms with Crippen molar-refractivity contribution in [3.05, 3.63) is 0 Å². The minimum atomic E-state index is -1.87. The van der Waals surface area contributed by atoms with Crippen LogP contribution in [0.15, 0.2) is 0 Å². The maximum Gasteiger partial charge on any atom is 0.217 e. The van der Waals surface area contributed by atoms with Crippen molar-refractivity contribution < 1.29 is 79.2 Å². The van der Waals surface area contributed by atoms with E-state index in [9.17, 15) is 55.5 Å². The van der Waals surface area contributed by atoms with E-state index < -0.39 is 124 Å². The lowest BCUT2D eigenvalue weighted by atomic mass is 9.93. The minimum Gasteiger partial charge on any atom is -0.394 e. The highest BCUT2D eigenvalue weighted by atomic mass is 16.8. The predicted octanol–water partition coefficient (Wildman–Crippen LogP) is -7.29. The number of carbonyl (C=O) groups is 2. The van der Waals surface area contributed by atoms with E-state index in [2.05, 4.69) is 10.6 Å². The Balaban J connectivity index is 1.83. The van der Waals surface area contributed by atoms with Gasteiger partial charge in [-0.25, -0.2) is 0 Å². The van der Waals surface area contributed by atoms with Crippen molar-refractivity contribution in [3.63, 3.8) is 0 Å². The molecular weight excluding hydrogens is 548 g/mol. The number of nitrogens with one attached hydrogen (secondary N) is 2. The average molecular weight is 587 g/mol. The van der Waals surface area contributed by atoms with Gasteiger partial charge >= 0.3 is 0 Å². The molecule has 0 radical (unpaired) electrons. The molecule has 3 rings (SSSR count). The van der Waals surface area contributed by atoms with Crippen LogP contribution in [-0.2, 0) is 33.3 Å². The van der Waals surface area contributed by atoms with Crippen LogP contribution < -0.4 is 10.6 Å². The van der Waals surface area contributed by atoms with Crippen molar-refractivity contribution in [2.45, 2.75) is 106 Å². The molecular formula is C22H38N2O16. The van der Waals surface area contributed by atoms with Gasteiger partial charge in [-0.05, 0) is 0 Å². The molecule has 3 aliphatic heterocycles. The molecule has 0 aliphatic carbocycles. The Labute approximate surface area is 228 Å². The van der Waals surface area contributed by atoms with Gasteiger partial charge in [0.25, 0.3) is 0 Å². The fourth-order valence-electron chi connectivity index (χ4n) is 4.77. The van der Waals surface area contributed by atoms with Crippen LogP contribution in [0.2, 0.25) is 0 Å². The molecule has 1 unspecified atom stereocenters. The van der Waals surface area contributed by atoms with Crippen molar-refractivity contribution in [2.24, 2.45) is 0 Å². The SMILES string of the molecule is CC(=O)N[C@H]1[C@H](O[C@@H]2[C@@H](OC[C@H]3OC(O)[C@H](O)[C@@H](O)[C@@H]3O)O[C@H](CO)[C@@H](O)[C@@H]2O)O[C@H](CO)[C@@H](NC(C)=O)[C@@H]1O. The largest absolute Gasteiger partial charge is 0.394 e. The maximum absolute atomic E-state index is 11.9. The van der Waals surface area contributed by atoms with Gasteiger partial charge in [-0.15, -0.1) is 0 Å². The summed E-state index contributed by atoms with van der Waals surface area (Å²) >= 11 is 0. The summed E-state index contributed by atoms with van der Waals surface area (Å²) < 4.78 is 27.6. The molecule has 3 saturated heterocycles. The molecule has 3 fully saturated rings. The molecule has 3 heterocycles. The molecule has 0 aromatic carbocycles. The van der Waals surface area contributed by atoms with Crippen LogP contribution in [0.3, 0.4) is 0 Å². The smallest absolute Gasteiger partial charge is 0.217 e. The Hall–Kier alpha value is -1.62. The predicted molar refractivity (Wildman–Crippen MR) is 124 cm³/mol. The summed E-state index contributed by atoms with van der Waals surface area (Å²) in [6.07, 6.45) is -21.3. The quantitative estimate of drug-likeness (QED) is 0.120. The van der Waals surface area contributed by atoms with Crippen LogP contribution in [0.4, 0.5) is 0 Å². The van der Waals surface area contributed by atoms with E-state index in [1.165, 1.54) is 6.92 Å². The molecule has 15 atom stereocenters. The van der Waals surface area contributed by atoms with Crippen LogP contribution in [0.1, 0.15) is 13.8 Å². The summed E-state index contributed by atoms with van der Waals surface area (Å²) in [6, 6.07) is -2.56. The highest BCUT2D eigenvalue weighted by Crippen LogP contribution is 2.30. The number of rotatable bonds is 9. The second-order valence-electron chi connectivity index (χ2n) is 9.85. The van der Waals surface area contributed by atoms with Gasteiger partial charge in [0.2, 0.25) is 11.8 Å². The number of aliphatic hydroxyl groups excluding tert-OH is 9. The normalized spacial score (nSPS) is 46.0. The zero-order valence-corrected chi connectivity index (χ0v) is 21.7. The first-order chi connectivity index (χ1) is 18.8. The molecule has 0 bridgehead atoms. The van der Waals surface area contributed by atoms with Gasteiger partial charge in [0.05, 0.1) is 25.9 Å². The number of ether oxygens (including phenoxy) is 5. The lowest BCUT2D eigenvalue weighted by molar-refractivity contribution is -0.358. The Morgan fingerprint density at radius 3 is 1.77 bits per heavy atom. The number of hydrogen-bond donors (Lipinski definition) is 11. The van der Waals surface area contributed by atoms with Gasteiger partial charge < -0.3 is 80.3 Å². The Morgan fingerprint density at radius 1 is 0.650 bits per heavy atom. The minimum absolute atomic E-state index is 0.565. The van der Waals surface area contributed by atoms with E-state index in [0.29, 0.717) is 0 Å². The number of amides is 2. The van der Waals surface area contributed by atoms with Gasteiger partial charge in [0.1, 0.15) is 67.1 Å². The first-order valence-corrected chi connectivity index (χ1v) is 12.6. The molecule has 3 aliphatic rings. The molecule has 2 amide bonds. The third-order valence-electron chi connectivity index (χ3n) is 6.89. The van der Waals surface area contributed by atoms with Gasteiger partial charge in [-0.3, -0.25) is 9.59 Å². The van der Waals surface area contributed by atoms with E-state index >= 15 is 0 Å². The average Bonchev–Trinajstić information content (AvgIpc) is 2.90. The zero-order valence-electron chi connectivity index (χ0n) is 21.7. The lowest BCUT2D eigenvalue weighted by Gasteiger charge is -2.48. The Kier molecular flexibility index (Phi) is 11.5. The van der Waals surface area contributed by atoms with Crippen LogP contribution >= 0.6 is 0 Å². The molecule has 11 N–H and O–H groups in total. The molecule has 0 aromatic rings. The third kappa shape index (κ3) is 7.23. The number of aliphatic hydroxyl groups is 9. The monoisotopic (exact) mass is 586 g/mol. The lowest BCUT2D eigenvalue weighted by Crippen LogP contribution is -2.70. The Bertz CT molecular complexity index is 854. The summed E-state index contributed by atoms with van der Waals surface area (Å²) in [6.45, 7) is 0.195.